The first kappa shape index (κ1) is 24.4. The van der Waals surface area contributed by atoms with E-state index in [0.717, 1.165) is 38.2 Å². The molecule has 2 saturated heterocycles. The van der Waals surface area contributed by atoms with Crippen LogP contribution in [0.3, 0.4) is 0 Å². The van der Waals surface area contributed by atoms with Crippen molar-refractivity contribution in [3.05, 3.63) is 54.1 Å². The van der Waals surface area contributed by atoms with Crippen molar-refractivity contribution in [1.82, 2.24) is 15.1 Å². The highest BCUT2D eigenvalue weighted by Gasteiger charge is 2.55. The topological polar surface area (TPSA) is 80.3 Å². The first-order chi connectivity index (χ1) is 17.5. The van der Waals surface area contributed by atoms with Crippen molar-refractivity contribution in [2.75, 3.05) is 32.8 Å². The molecule has 2 aromatic rings. The van der Waals surface area contributed by atoms with Gasteiger partial charge in [0.1, 0.15) is 17.9 Å². The average Bonchev–Trinajstić information content (AvgIpc) is 3.15. The Morgan fingerprint density at radius 3 is 2.44 bits per heavy atom. The summed E-state index contributed by atoms with van der Waals surface area (Å²) in [6.45, 7) is 7.76. The molecule has 1 N–H and O–H groups in total. The van der Waals surface area contributed by atoms with Crippen molar-refractivity contribution >= 4 is 11.9 Å². The van der Waals surface area contributed by atoms with Crippen molar-refractivity contribution in [1.29, 1.82) is 0 Å². The van der Waals surface area contributed by atoms with E-state index in [4.69, 9.17) is 14.2 Å². The predicted molar refractivity (Wildman–Crippen MR) is 135 cm³/mol. The number of carbonyl (C=O) groups is 2. The Kier molecular flexibility index (Phi) is 7.05. The van der Waals surface area contributed by atoms with E-state index in [1.54, 1.807) is 0 Å². The third kappa shape index (κ3) is 4.74. The molecule has 2 aromatic carbocycles. The van der Waals surface area contributed by atoms with Gasteiger partial charge in [-0.2, -0.15) is 0 Å². The highest BCUT2D eigenvalue weighted by atomic mass is 16.6. The van der Waals surface area contributed by atoms with Gasteiger partial charge in [-0.25, -0.2) is 4.79 Å². The summed E-state index contributed by atoms with van der Waals surface area (Å²) in [4.78, 5) is 30.4. The summed E-state index contributed by atoms with van der Waals surface area (Å²) < 4.78 is 17.3. The van der Waals surface area contributed by atoms with Crippen molar-refractivity contribution < 1.29 is 23.8 Å². The lowest BCUT2D eigenvalue weighted by molar-refractivity contribution is -0.135. The van der Waals surface area contributed by atoms with Crippen LogP contribution >= 0.6 is 0 Å². The summed E-state index contributed by atoms with van der Waals surface area (Å²) in [6, 6.07) is 15.4. The van der Waals surface area contributed by atoms with Crippen LogP contribution < -0.4 is 19.5 Å². The number of urea groups is 1. The number of hydrogen-bond acceptors (Lipinski definition) is 6. The number of fused-ring (bicyclic) bond motifs is 1. The lowest BCUT2D eigenvalue weighted by Crippen LogP contribution is -2.56. The molecule has 2 atom stereocenters. The van der Waals surface area contributed by atoms with Crippen molar-refractivity contribution in [3.63, 3.8) is 0 Å². The fraction of sp³-hybridized carbons (Fsp3) is 0.500. The minimum atomic E-state index is -0.851. The number of imide groups is 1. The van der Waals surface area contributed by atoms with E-state index in [1.807, 2.05) is 50.2 Å². The summed E-state index contributed by atoms with van der Waals surface area (Å²) in [5, 5.41) is 3.09. The quantitative estimate of drug-likeness (QED) is 0.563. The zero-order valence-electron chi connectivity index (χ0n) is 21.1. The first-order valence-corrected chi connectivity index (χ1v) is 13.0. The van der Waals surface area contributed by atoms with Crippen LogP contribution in [0.4, 0.5) is 4.79 Å². The second-order valence-electron chi connectivity index (χ2n) is 9.80. The lowest BCUT2D eigenvalue weighted by atomic mass is 9.75. The predicted octanol–water partition coefficient (Wildman–Crippen LogP) is 3.84. The summed E-state index contributed by atoms with van der Waals surface area (Å²) in [5.74, 6) is 2.18. The van der Waals surface area contributed by atoms with Gasteiger partial charge in [-0.15, -0.1) is 0 Å². The molecule has 192 valence electrons. The molecule has 8 heteroatoms. The molecule has 2 fully saturated rings. The molecule has 0 saturated carbocycles. The van der Waals surface area contributed by atoms with Gasteiger partial charge >= 0.3 is 6.03 Å². The number of benzene rings is 2. The fourth-order valence-corrected chi connectivity index (χ4v) is 5.67. The number of rotatable bonds is 8. The Bertz CT molecular complexity index is 1080. The van der Waals surface area contributed by atoms with Crippen molar-refractivity contribution in [2.24, 2.45) is 5.92 Å². The number of amides is 3. The van der Waals surface area contributed by atoms with Gasteiger partial charge in [0.05, 0.1) is 13.2 Å². The zero-order valence-corrected chi connectivity index (χ0v) is 21.1. The Labute approximate surface area is 212 Å². The molecule has 0 spiro atoms. The van der Waals surface area contributed by atoms with Gasteiger partial charge in [0, 0.05) is 6.54 Å². The van der Waals surface area contributed by atoms with Crippen molar-refractivity contribution in [3.8, 4) is 17.2 Å². The molecule has 3 amide bonds. The number of hydrogen-bond donors (Lipinski definition) is 1. The summed E-state index contributed by atoms with van der Waals surface area (Å²) in [5.41, 5.74) is 0.394. The van der Waals surface area contributed by atoms with Gasteiger partial charge in [-0.3, -0.25) is 14.6 Å². The molecule has 36 heavy (non-hydrogen) atoms. The Morgan fingerprint density at radius 1 is 1.03 bits per heavy atom. The number of carbonyl (C=O) groups excluding carboxylic acids is 2. The first-order valence-electron chi connectivity index (χ1n) is 13.0. The maximum Gasteiger partial charge on any atom is 0.325 e. The van der Waals surface area contributed by atoms with E-state index < -0.39 is 11.6 Å². The van der Waals surface area contributed by atoms with Crippen LogP contribution in [0.2, 0.25) is 0 Å². The van der Waals surface area contributed by atoms with Crippen LogP contribution in [0.1, 0.15) is 38.7 Å². The smallest absolute Gasteiger partial charge is 0.325 e. The van der Waals surface area contributed by atoms with Crippen LogP contribution in [0.5, 0.6) is 17.2 Å². The monoisotopic (exact) mass is 493 g/mol. The molecular formula is C28H35N3O5. The van der Waals surface area contributed by atoms with E-state index in [1.165, 1.54) is 10.5 Å². The van der Waals surface area contributed by atoms with Crippen LogP contribution in [0.15, 0.2) is 48.5 Å². The number of ether oxygens (including phenoxy) is 3. The SMILES string of the molecule is CCOc1ccc(CN2CCC([C@]3(CC)NC(=O)N(C[C@@H]4COc5ccccc5O4)C3=O)CC2)cc1. The molecule has 3 heterocycles. The van der Waals surface area contributed by atoms with E-state index in [9.17, 15) is 9.59 Å². The molecular weight excluding hydrogens is 458 g/mol. The maximum absolute atomic E-state index is 13.7. The molecule has 3 aliphatic heterocycles. The lowest BCUT2D eigenvalue weighted by Gasteiger charge is -2.40. The van der Waals surface area contributed by atoms with Gasteiger partial charge in [0.2, 0.25) is 0 Å². The minimum absolute atomic E-state index is 0.102. The number of likely N-dealkylation sites (tertiary alicyclic amines) is 1. The zero-order chi connectivity index (χ0) is 25.1. The summed E-state index contributed by atoms with van der Waals surface area (Å²) >= 11 is 0. The number of nitrogens with one attached hydrogen (secondary N) is 1. The third-order valence-electron chi connectivity index (χ3n) is 7.64. The largest absolute Gasteiger partial charge is 0.494 e. The van der Waals surface area contributed by atoms with Crippen molar-refractivity contribution in [2.45, 2.75) is 51.3 Å². The molecule has 3 aliphatic rings. The average molecular weight is 494 g/mol. The number of para-hydroxylation sites is 2. The van der Waals surface area contributed by atoms with Gasteiger partial charge in [-0.1, -0.05) is 31.2 Å². The van der Waals surface area contributed by atoms with Gasteiger partial charge in [0.25, 0.3) is 5.91 Å². The van der Waals surface area contributed by atoms with Crippen LogP contribution in [-0.2, 0) is 11.3 Å². The normalized spacial score (nSPS) is 24.6. The third-order valence-corrected chi connectivity index (χ3v) is 7.64. The molecule has 5 rings (SSSR count). The fourth-order valence-electron chi connectivity index (χ4n) is 5.67. The molecule has 8 nitrogen and oxygen atoms in total. The van der Waals surface area contributed by atoms with E-state index in [0.29, 0.717) is 31.1 Å². The van der Waals surface area contributed by atoms with Crippen LogP contribution in [0, 0.1) is 5.92 Å². The van der Waals surface area contributed by atoms with Crippen LogP contribution in [-0.4, -0.2) is 66.2 Å². The minimum Gasteiger partial charge on any atom is -0.494 e. The standard InChI is InChI=1S/C28H35N3O5/c1-3-28(21-13-15-30(16-14-21)17-20-9-11-22(12-10-20)34-4-2)26(32)31(27(33)29-28)18-23-19-35-24-7-5-6-8-25(24)36-23/h5-12,21,23H,3-4,13-19H2,1-2H3,(H,29,33)/t23-,28+/m1/s1. The summed E-state index contributed by atoms with van der Waals surface area (Å²) in [6.07, 6.45) is 1.91. The number of piperidine rings is 1. The second kappa shape index (κ2) is 10.4. The maximum atomic E-state index is 13.7. The Hall–Kier alpha value is -3.26. The molecule has 0 unspecified atom stereocenters. The molecule has 0 radical (unpaired) electrons. The number of nitrogens with zero attached hydrogens (tertiary/aromatic N) is 2. The van der Waals surface area contributed by atoms with E-state index in [-0.39, 0.29) is 24.4 Å². The molecule has 0 aliphatic carbocycles. The highest BCUT2D eigenvalue weighted by Crippen LogP contribution is 2.37. The Morgan fingerprint density at radius 2 is 1.75 bits per heavy atom. The van der Waals surface area contributed by atoms with Gasteiger partial charge in [-0.05, 0) is 75.0 Å². The van der Waals surface area contributed by atoms with E-state index >= 15 is 0 Å². The summed E-state index contributed by atoms with van der Waals surface area (Å²) in [7, 11) is 0. The highest BCUT2D eigenvalue weighted by molar-refractivity contribution is 6.07. The Balaban J connectivity index is 1.19. The second-order valence-corrected chi connectivity index (χ2v) is 9.80. The molecule has 0 bridgehead atoms. The molecule has 0 aromatic heterocycles. The van der Waals surface area contributed by atoms with Gasteiger partial charge < -0.3 is 19.5 Å². The van der Waals surface area contributed by atoms with Crippen LogP contribution in [0.25, 0.3) is 0 Å². The van der Waals surface area contributed by atoms with E-state index in [2.05, 4.69) is 22.3 Å². The van der Waals surface area contributed by atoms with Gasteiger partial charge in [0.15, 0.2) is 17.6 Å².